The molecule has 2 rings (SSSR count). The van der Waals surface area contributed by atoms with Crippen LogP contribution >= 0.6 is 43.5 Å². The van der Waals surface area contributed by atoms with Crippen molar-refractivity contribution in [3.63, 3.8) is 0 Å². The van der Waals surface area contributed by atoms with Crippen LogP contribution in [0.5, 0.6) is 5.75 Å². The highest BCUT2D eigenvalue weighted by atomic mass is 79.9. The van der Waals surface area contributed by atoms with Crippen molar-refractivity contribution in [2.45, 2.75) is 13.0 Å². The SMILES string of the molecule is C[C@@H](OC(=O)COc1ccc(Cl)cc1Br)C(=O)c1ccc(Br)cc1. The van der Waals surface area contributed by atoms with Crippen molar-refractivity contribution in [2.24, 2.45) is 0 Å². The van der Waals surface area contributed by atoms with Crippen LogP contribution in [0.4, 0.5) is 0 Å². The molecule has 24 heavy (non-hydrogen) atoms. The molecule has 0 aromatic heterocycles. The first-order valence-corrected chi connectivity index (χ1v) is 8.90. The summed E-state index contributed by atoms with van der Waals surface area (Å²) >= 11 is 12.4. The van der Waals surface area contributed by atoms with Crippen LogP contribution in [-0.4, -0.2) is 24.5 Å². The number of esters is 1. The molecule has 0 N–H and O–H groups in total. The van der Waals surface area contributed by atoms with Crippen LogP contribution in [-0.2, 0) is 9.53 Å². The molecule has 0 unspecified atom stereocenters. The monoisotopic (exact) mass is 474 g/mol. The van der Waals surface area contributed by atoms with Gasteiger partial charge < -0.3 is 9.47 Å². The van der Waals surface area contributed by atoms with E-state index < -0.39 is 12.1 Å². The van der Waals surface area contributed by atoms with E-state index in [1.807, 2.05) is 0 Å². The Kier molecular flexibility index (Phi) is 6.83. The van der Waals surface area contributed by atoms with Gasteiger partial charge >= 0.3 is 5.97 Å². The lowest BCUT2D eigenvalue weighted by atomic mass is 10.1. The van der Waals surface area contributed by atoms with E-state index >= 15 is 0 Å². The summed E-state index contributed by atoms with van der Waals surface area (Å²) in [6.07, 6.45) is -0.893. The molecule has 0 saturated heterocycles. The predicted molar refractivity (Wildman–Crippen MR) is 98.7 cm³/mol. The van der Waals surface area contributed by atoms with Crippen molar-refractivity contribution in [2.75, 3.05) is 6.61 Å². The second kappa shape index (κ2) is 8.65. The zero-order valence-electron chi connectivity index (χ0n) is 12.6. The third kappa shape index (κ3) is 5.33. The molecule has 0 aliphatic heterocycles. The minimum absolute atomic E-state index is 0.275. The molecule has 2 aromatic rings. The quantitative estimate of drug-likeness (QED) is 0.432. The minimum atomic E-state index is -0.893. The van der Waals surface area contributed by atoms with Crippen LogP contribution in [0.2, 0.25) is 5.02 Å². The normalized spacial score (nSPS) is 11.7. The standard InChI is InChI=1S/C17H13Br2ClO4/c1-10(17(22)11-2-4-12(18)5-3-11)24-16(21)9-23-15-7-6-13(20)8-14(15)19/h2-8,10H,9H2,1H3/t10-/m1/s1. The highest BCUT2D eigenvalue weighted by Crippen LogP contribution is 2.27. The van der Waals surface area contributed by atoms with Gasteiger partial charge in [0.1, 0.15) is 5.75 Å². The number of Topliss-reactive ketones (excluding diaryl/α,β-unsaturated/α-hetero) is 1. The third-order valence-electron chi connectivity index (χ3n) is 3.05. The van der Waals surface area contributed by atoms with E-state index in [4.69, 9.17) is 21.1 Å². The summed E-state index contributed by atoms with van der Waals surface area (Å²) in [6, 6.07) is 11.8. The Morgan fingerprint density at radius 1 is 1.12 bits per heavy atom. The van der Waals surface area contributed by atoms with Crippen molar-refractivity contribution >= 4 is 55.2 Å². The molecule has 0 heterocycles. The van der Waals surface area contributed by atoms with E-state index in [-0.39, 0.29) is 12.4 Å². The third-order valence-corrected chi connectivity index (χ3v) is 4.43. The van der Waals surface area contributed by atoms with Crippen LogP contribution in [0.1, 0.15) is 17.3 Å². The van der Waals surface area contributed by atoms with Gasteiger partial charge in [-0.2, -0.15) is 0 Å². The molecular formula is C17H13Br2ClO4. The van der Waals surface area contributed by atoms with Gasteiger partial charge in [0, 0.05) is 15.1 Å². The minimum Gasteiger partial charge on any atom is -0.481 e. The number of benzene rings is 2. The van der Waals surface area contributed by atoms with Gasteiger partial charge in [0.25, 0.3) is 0 Å². The molecule has 0 bridgehead atoms. The van der Waals surface area contributed by atoms with Gasteiger partial charge in [-0.1, -0.05) is 39.7 Å². The Morgan fingerprint density at radius 2 is 1.79 bits per heavy atom. The van der Waals surface area contributed by atoms with Gasteiger partial charge in [-0.15, -0.1) is 0 Å². The maximum atomic E-state index is 12.2. The molecule has 0 saturated carbocycles. The van der Waals surface area contributed by atoms with Crippen LogP contribution in [0.15, 0.2) is 51.4 Å². The zero-order valence-corrected chi connectivity index (χ0v) is 16.5. The van der Waals surface area contributed by atoms with Crippen molar-refractivity contribution in [3.8, 4) is 5.75 Å². The summed E-state index contributed by atoms with van der Waals surface area (Å²) in [5.41, 5.74) is 0.472. The number of hydrogen-bond donors (Lipinski definition) is 0. The van der Waals surface area contributed by atoms with Gasteiger partial charge in [0.15, 0.2) is 12.7 Å². The smallest absolute Gasteiger partial charge is 0.344 e. The van der Waals surface area contributed by atoms with E-state index in [2.05, 4.69) is 31.9 Å². The van der Waals surface area contributed by atoms with E-state index in [1.165, 1.54) is 6.92 Å². The Hall–Kier alpha value is -1.37. The number of rotatable bonds is 6. The fourth-order valence-corrected chi connectivity index (χ4v) is 2.92. The first-order chi connectivity index (χ1) is 11.4. The summed E-state index contributed by atoms with van der Waals surface area (Å²) in [5.74, 6) is -0.443. The first-order valence-electron chi connectivity index (χ1n) is 6.94. The second-order valence-electron chi connectivity index (χ2n) is 4.87. The molecule has 126 valence electrons. The molecule has 0 spiro atoms. The number of hydrogen-bond acceptors (Lipinski definition) is 4. The van der Waals surface area contributed by atoms with Gasteiger partial charge in [0.05, 0.1) is 4.47 Å². The molecule has 0 aliphatic rings. The van der Waals surface area contributed by atoms with Crippen LogP contribution in [0, 0.1) is 0 Å². The Balaban J connectivity index is 1.89. The lowest BCUT2D eigenvalue weighted by Crippen LogP contribution is -2.27. The second-order valence-corrected chi connectivity index (χ2v) is 7.07. The van der Waals surface area contributed by atoms with Gasteiger partial charge in [-0.3, -0.25) is 4.79 Å². The van der Waals surface area contributed by atoms with E-state index in [1.54, 1.807) is 42.5 Å². The Bertz CT molecular complexity index is 747. The maximum Gasteiger partial charge on any atom is 0.344 e. The topological polar surface area (TPSA) is 52.6 Å². The van der Waals surface area contributed by atoms with Crippen LogP contribution in [0.25, 0.3) is 0 Å². The molecule has 0 fully saturated rings. The molecule has 0 radical (unpaired) electrons. The first kappa shape index (κ1) is 19.0. The molecule has 0 aliphatic carbocycles. The summed E-state index contributed by atoms with van der Waals surface area (Å²) in [5, 5.41) is 0.547. The summed E-state index contributed by atoms with van der Waals surface area (Å²) < 4.78 is 12.0. The fourth-order valence-electron chi connectivity index (χ4n) is 1.86. The summed E-state index contributed by atoms with van der Waals surface area (Å²) in [7, 11) is 0. The Labute approximate surface area is 161 Å². The van der Waals surface area contributed by atoms with Crippen molar-refractivity contribution in [1.82, 2.24) is 0 Å². The summed E-state index contributed by atoms with van der Waals surface area (Å²) in [4.78, 5) is 24.0. The lowest BCUT2D eigenvalue weighted by Gasteiger charge is -2.13. The van der Waals surface area contributed by atoms with Crippen molar-refractivity contribution in [1.29, 1.82) is 0 Å². The number of carbonyl (C=O) groups is 2. The van der Waals surface area contributed by atoms with Gasteiger partial charge in [0.2, 0.25) is 5.78 Å². The van der Waals surface area contributed by atoms with Gasteiger partial charge in [-0.05, 0) is 53.2 Å². The molecule has 1 atom stereocenters. The molecule has 0 amide bonds. The average Bonchev–Trinajstić information content (AvgIpc) is 2.54. The summed E-state index contributed by atoms with van der Waals surface area (Å²) in [6.45, 7) is 1.22. The van der Waals surface area contributed by atoms with Crippen molar-refractivity contribution in [3.05, 3.63) is 62.0 Å². The molecule has 2 aromatic carbocycles. The van der Waals surface area contributed by atoms with E-state index in [0.29, 0.717) is 20.8 Å². The molecule has 4 nitrogen and oxygen atoms in total. The van der Waals surface area contributed by atoms with Gasteiger partial charge in [-0.25, -0.2) is 4.79 Å². The average molecular weight is 477 g/mol. The number of halogens is 3. The van der Waals surface area contributed by atoms with E-state index in [9.17, 15) is 9.59 Å². The van der Waals surface area contributed by atoms with Crippen LogP contribution in [0.3, 0.4) is 0 Å². The predicted octanol–water partition coefficient (Wildman–Crippen LogP) is 5.06. The zero-order chi connectivity index (χ0) is 17.7. The molecule has 7 heteroatoms. The fraction of sp³-hybridized carbons (Fsp3) is 0.176. The molecular weight excluding hydrogens is 463 g/mol. The maximum absolute atomic E-state index is 12.2. The van der Waals surface area contributed by atoms with Crippen LogP contribution < -0.4 is 4.74 Å². The Morgan fingerprint density at radius 3 is 2.42 bits per heavy atom. The van der Waals surface area contributed by atoms with E-state index in [0.717, 1.165) is 4.47 Å². The number of ketones is 1. The lowest BCUT2D eigenvalue weighted by molar-refractivity contribution is -0.148. The largest absolute Gasteiger partial charge is 0.481 e. The number of ether oxygens (including phenoxy) is 2. The highest BCUT2D eigenvalue weighted by molar-refractivity contribution is 9.10. The number of carbonyl (C=O) groups excluding carboxylic acids is 2. The van der Waals surface area contributed by atoms with Crippen molar-refractivity contribution < 1.29 is 19.1 Å². The highest BCUT2D eigenvalue weighted by Gasteiger charge is 2.20.